The molecule has 111 heavy (non-hydrogen) atoms. The number of ether oxygens (including phenoxy) is 6. The van der Waals surface area contributed by atoms with Crippen LogP contribution in [0, 0.1) is 32.1 Å². The van der Waals surface area contributed by atoms with Crippen LogP contribution in [0.1, 0.15) is 102 Å². The molecule has 4 unspecified atom stereocenters. The van der Waals surface area contributed by atoms with Gasteiger partial charge in [-0.15, -0.1) is 0 Å². The number of aromatic nitrogens is 6. The number of benzene rings is 3. The molecule has 612 valence electrons. The molecular weight excluding hydrogens is 1640 g/mol. The minimum absolute atomic E-state index is 0.0271. The van der Waals surface area contributed by atoms with Gasteiger partial charge in [0.1, 0.15) is 70.7 Å². The average molecular weight is 1730 g/mol. The Hall–Kier alpha value is -6.15. The topological polar surface area (TPSA) is 448 Å². The number of hydrogen-bond acceptors (Lipinski definition) is 30. The Bertz CT molecular complexity index is 4260. The van der Waals surface area contributed by atoms with Crippen LogP contribution in [0.3, 0.4) is 0 Å². The third kappa shape index (κ3) is 25.2. The number of esters is 3. The summed E-state index contributed by atoms with van der Waals surface area (Å²) in [7, 11) is -12.1. The summed E-state index contributed by atoms with van der Waals surface area (Å²) < 4.78 is 112. The minimum atomic E-state index is -4.03. The summed E-state index contributed by atoms with van der Waals surface area (Å²) in [6, 6.07) is 21.8. The largest absolute Gasteiger partial charge is 0.463 e. The smallest absolute Gasteiger partial charge is 0.380 e. The monoisotopic (exact) mass is 1730 g/mol. The quantitative estimate of drug-likeness (QED) is 0.00875. The van der Waals surface area contributed by atoms with Crippen molar-refractivity contribution in [3.63, 3.8) is 0 Å². The Morgan fingerprint density at radius 1 is 0.432 bits per heavy atom. The van der Waals surface area contributed by atoms with Gasteiger partial charge in [-0.2, -0.15) is 0 Å². The van der Waals surface area contributed by atoms with E-state index in [1.54, 1.807) is 41.5 Å². The van der Waals surface area contributed by atoms with Crippen molar-refractivity contribution < 1.29 is 114 Å². The molecule has 9 N–H and O–H groups in total. The molecule has 18 atom stereocenters. The number of nitrogens with zero attached hydrogens (tertiary/aromatic N) is 3. The highest BCUT2D eigenvalue weighted by Crippen LogP contribution is 2.55. The average Bonchev–Trinajstić information content (AvgIpc) is 1.63. The van der Waals surface area contributed by atoms with Gasteiger partial charge in [-0.1, -0.05) is 55.6 Å². The third-order valence-electron chi connectivity index (χ3n) is 16.8. The fourth-order valence-electron chi connectivity index (χ4n) is 11.1. The summed E-state index contributed by atoms with van der Waals surface area (Å²) in [5.41, 5.74) is -6.86. The fraction of sp³-hybridized carbons (Fsp3) is 0.522. The van der Waals surface area contributed by atoms with E-state index >= 15 is 0 Å². The van der Waals surface area contributed by atoms with Gasteiger partial charge >= 0.3 is 40.7 Å². The maximum Gasteiger partial charge on any atom is 0.380 e. The fourth-order valence-corrected chi connectivity index (χ4v) is 17.9. The van der Waals surface area contributed by atoms with Crippen molar-refractivity contribution in [2.45, 2.75) is 174 Å². The summed E-state index contributed by atoms with van der Waals surface area (Å²) in [5.74, 6) is -3.69. The van der Waals surface area contributed by atoms with Crippen LogP contribution in [-0.4, -0.2) is 187 Å². The van der Waals surface area contributed by atoms with Gasteiger partial charge in [0, 0.05) is 51.9 Å². The van der Waals surface area contributed by atoms with Crippen LogP contribution >= 0.6 is 94.2 Å². The summed E-state index contributed by atoms with van der Waals surface area (Å²) in [6.45, 7) is 17.4. The Labute approximate surface area is 667 Å². The van der Waals surface area contributed by atoms with Crippen molar-refractivity contribution in [2.24, 2.45) is 17.8 Å². The minimum Gasteiger partial charge on any atom is -0.463 e. The van der Waals surface area contributed by atoms with E-state index in [0.717, 1.165) is 0 Å². The first-order valence-corrected chi connectivity index (χ1v) is 42.0. The number of aliphatic hydroxyl groups is 6. The molecule has 0 bridgehead atoms. The molecule has 0 radical (unpaired) electrons. The van der Waals surface area contributed by atoms with E-state index in [4.69, 9.17) is 127 Å². The molecule has 3 aromatic heterocycles. The number of aromatic amines is 3. The number of hydrogen-bond donors (Lipinski definition) is 9. The highest BCUT2D eigenvalue weighted by atomic mass is 35.5. The van der Waals surface area contributed by atoms with Crippen LogP contribution in [0.4, 0.5) is 0 Å². The maximum atomic E-state index is 13.8. The van der Waals surface area contributed by atoms with Crippen LogP contribution in [0.15, 0.2) is 124 Å². The lowest BCUT2D eigenvalue weighted by molar-refractivity contribution is -0.152. The van der Waals surface area contributed by atoms with Crippen molar-refractivity contribution in [3.05, 3.63) is 170 Å². The number of aliphatic hydroxyl groups excluding tert-OH is 3. The zero-order chi connectivity index (χ0) is 82.6. The Balaban J connectivity index is 0.000000231. The number of carbonyl (C=O) groups excluding carboxylic acids is 3. The van der Waals surface area contributed by atoms with Crippen molar-refractivity contribution in [1.29, 1.82) is 0 Å². The maximum absolute atomic E-state index is 13.8. The van der Waals surface area contributed by atoms with E-state index in [0.29, 0.717) is 15.1 Å². The van der Waals surface area contributed by atoms with Gasteiger partial charge in [0.15, 0.2) is 33.0 Å². The molecule has 0 amide bonds. The molecule has 0 saturated carbocycles. The normalized spacial score (nSPS) is 26.0. The zero-order valence-electron chi connectivity index (χ0n) is 62.1. The second-order valence-electron chi connectivity index (χ2n) is 27.7. The SMILES string of the molecule is CC(C)OC(=O)[C@H](C)CP(=O)(OC[C@H]1O[C@@H](n2ccc(=O)[nH]c2=S)C(C)(O)[C@H]1O)Oc1ccc(Cl)cc1.CC(C)OC(=O)[C@H](C)C[P@@](=O)(OC[C@H]1O[C@@H](n2ccc(=O)[nH]c2=S)C(C)(O)[C@H]1O)Oc1ccc(Cl)cc1.CC(C)OC(=O)[C@H](C)C[P@](=O)(OC[C@H]1O[C@@H](n2ccc(=O)[nH]c2=S)C(C)(O)[C@H]1O)Oc1ccc(Cl)cc1. The van der Waals surface area contributed by atoms with Gasteiger partial charge in [0.2, 0.25) is 0 Å². The highest BCUT2D eigenvalue weighted by Gasteiger charge is 2.57. The van der Waals surface area contributed by atoms with Crippen molar-refractivity contribution in [3.8, 4) is 17.2 Å². The van der Waals surface area contributed by atoms with Gasteiger partial charge in [-0.25, -0.2) is 13.7 Å². The van der Waals surface area contributed by atoms with E-state index in [1.807, 2.05) is 0 Å². The molecule has 3 aliphatic rings. The third-order valence-corrected chi connectivity index (χ3v) is 24.6. The standard InChI is InChI=1S/3C23H30ClN2O9PS/c3*1-13(2)33-20(29)14(3)12-36(31,35-16-7-5-15(24)6-8-16)32-11-17-19(28)23(4,30)21(34-17)26-10-9-18(27)25-22(26)37/h3*5-10,13-14,17,19,21,28,30H,11-12H2,1-4H3,(H,25,27,37)/t14-,17-,19+,21-,23?,36?;14-,17-,19+,21-,23?,36+;14-,17-,19+,21-,23?,36-/m111/s1. The summed E-state index contributed by atoms with van der Waals surface area (Å²) in [4.78, 5) is 79.0. The number of halogens is 3. The van der Waals surface area contributed by atoms with E-state index in [-0.39, 0.29) is 68.4 Å². The summed E-state index contributed by atoms with van der Waals surface area (Å²) >= 11 is 33.2. The molecule has 6 aromatic rings. The van der Waals surface area contributed by atoms with Crippen LogP contribution in [-0.2, 0) is 70.1 Å². The van der Waals surface area contributed by atoms with Gasteiger partial charge in [-0.05, 0) is 172 Å². The van der Waals surface area contributed by atoms with Gasteiger partial charge < -0.3 is 72.6 Å². The second-order valence-corrected chi connectivity index (χ2v) is 36.3. The number of H-pyrrole nitrogens is 3. The zero-order valence-corrected chi connectivity index (χ0v) is 69.5. The molecule has 33 nitrogen and oxygen atoms in total. The van der Waals surface area contributed by atoms with Gasteiger partial charge in [-0.3, -0.25) is 71.0 Å². The van der Waals surface area contributed by atoms with Crippen molar-refractivity contribution in [1.82, 2.24) is 28.7 Å². The Morgan fingerprint density at radius 2 is 0.649 bits per heavy atom. The highest BCUT2D eigenvalue weighted by molar-refractivity contribution is 7.71. The van der Waals surface area contributed by atoms with E-state index in [2.05, 4.69) is 15.0 Å². The first kappa shape index (κ1) is 92.0. The molecule has 6 heterocycles. The van der Waals surface area contributed by atoms with E-state index in [9.17, 15) is 73.1 Å². The summed E-state index contributed by atoms with van der Waals surface area (Å²) in [6.07, 6.45) is -9.58. The lowest BCUT2D eigenvalue weighted by Crippen LogP contribution is -2.44. The second kappa shape index (κ2) is 39.0. The molecule has 42 heteroatoms. The molecule has 0 aliphatic carbocycles. The predicted molar refractivity (Wildman–Crippen MR) is 412 cm³/mol. The van der Waals surface area contributed by atoms with Crippen molar-refractivity contribution in [2.75, 3.05) is 38.3 Å². The Kier molecular flexibility index (Phi) is 32.3. The molecule has 3 saturated heterocycles. The molecule has 3 fully saturated rings. The molecule has 3 aromatic carbocycles. The first-order chi connectivity index (χ1) is 51.6. The van der Waals surface area contributed by atoms with Crippen molar-refractivity contribution >= 4 is 112 Å². The van der Waals surface area contributed by atoms with Crippen LogP contribution in [0.5, 0.6) is 17.2 Å². The first-order valence-electron chi connectivity index (χ1n) is 34.4. The van der Waals surface area contributed by atoms with Crippen LogP contribution < -0.4 is 30.2 Å². The summed E-state index contributed by atoms with van der Waals surface area (Å²) in [5, 5.41) is 66.6. The number of rotatable bonds is 30. The van der Waals surface area contributed by atoms with Crippen LogP contribution in [0.25, 0.3) is 0 Å². The number of carbonyl (C=O) groups is 3. The molecular formula is C69H90Cl3N6O27P3S3. The van der Waals surface area contributed by atoms with Gasteiger partial charge in [0.25, 0.3) is 16.7 Å². The van der Waals surface area contributed by atoms with E-state index < -0.39 is 167 Å². The number of nitrogens with one attached hydrogen (secondary N) is 3. The molecule has 3 aliphatic heterocycles. The predicted octanol–water partition coefficient (Wildman–Crippen LogP) is 10.3. The van der Waals surface area contributed by atoms with Crippen LogP contribution in [0.2, 0.25) is 15.1 Å². The lowest BCUT2D eigenvalue weighted by Gasteiger charge is -2.28. The molecule has 9 rings (SSSR count). The molecule has 0 spiro atoms. The van der Waals surface area contributed by atoms with E-state index in [1.165, 1.54) is 165 Å². The Morgan fingerprint density at radius 3 is 0.847 bits per heavy atom. The lowest BCUT2D eigenvalue weighted by atomic mass is 9.96. The van der Waals surface area contributed by atoms with Gasteiger partial charge in [0.05, 0.1) is 74.4 Å².